The maximum absolute atomic E-state index is 14.5. The third kappa shape index (κ3) is 6.03. The molecule has 1 aromatic heterocycles. The van der Waals surface area contributed by atoms with Crippen molar-refractivity contribution in [1.29, 1.82) is 0 Å². The first-order valence-electron chi connectivity index (χ1n) is 13.9. The third-order valence-corrected chi connectivity index (χ3v) is 8.46. The molecule has 0 radical (unpaired) electrons. The second kappa shape index (κ2) is 12.4. The molecule has 0 amide bonds. The topological polar surface area (TPSA) is 69.9 Å². The summed E-state index contributed by atoms with van der Waals surface area (Å²) in [6.45, 7) is 1.58. The van der Waals surface area contributed by atoms with E-state index >= 15 is 0 Å². The van der Waals surface area contributed by atoms with Crippen molar-refractivity contribution >= 4 is 45.8 Å². The third-order valence-electron chi connectivity index (χ3n) is 7.22. The molecule has 45 heavy (non-hydrogen) atoms. The minimum atomic E-state index is -5.00. The molecule has 0 unspecified atom stereocenters. The number of aromatic nitrogens is 1. The Morgan fingerprint density at radius 2 is 1.71 bits per heavy atom. The predicted octanol–water partition coefficient (Wildman–Crippen LogP) is 6.73. The smallest absolute Gasteiger partial charge is 0.434 e. The molecule has 0 spiro atoms. The second-order valence-corrected chi connectivity index (χ2v) is 11.5. The highest BCUT2D eigenvalue weighted by atomic mass is 35.5. The molecule has 1 aliphatic rings. The van der Waals surface area contributed by atoms with Crippen LogP contribution in [-0.4, -0.2) is 23.3 Å². The number of hydrogen-bond acceptors (Lipinski definition) is 6. The van der Waals surface area contributed by atoms with Crippen LogP contribution >= 0.6 is 22.9 Å². The zero-order valence-corrected chi connectivity index (χ0v) is 25.2. The van der Waals surface area contributed by atoms with E-state index in [4.69, 9.17) is 21.1 Å². The average Bonchev–Trinajstić information content (AvgIpc) is 3.34. The van der Waals surface area contributed by atoms with Crippen molar-refractivity contribution in [3.05, 3.63) is 144 Å². The van der Waals surface area contributed by atoms with E-state index in [9.17, 15) is 22.8 Å². The van der Waals surface area contributed by atoms with E-state index in [2.05, 4.69) is 4.99 Å². The summed E-state index contributed by atoms with van der Waals surface area (Å²) in [4.78, 5) is 30.9. The number of carbonyl (C=O) groups is 1. The van der Waals surface area contributed by atoms with Crippen LogP contribution in [-0.2, 0) is 16.1 Å². The molecule has 1 atom stereocenters. The molecule has 0 saturated heterocycles. The monoisotopic (exact) mass is 648 g/mol. The molecule has 0 fully saturated rings. The average molecular weight is 649 g/mol. The van der Waals surface area contributed by atoms with Crippen LogP contribution < -0.4 is 19.6 Å². The second-order valence-electron chi connectivity index (χ2n) is 10.1. The molecule has 228 valence electrons. The summed E-state index contributed by atoms with van der Waals surface area (Å²) in [5.41, 5.74) is -1.05. The minimum absolute atomic E-state index is 0.111. The number of ether oxygens (including phenoxy) is 2. The summed E-state index contributed by atoms with van der Waals surface area (Å²) in [7, 11) is 0. The Bertz CT molecular complexity index is 2120. The fourth-order valence-electron chi connectivity index (χ4n) is 5.22. The quantitative estimate of drug-likeness (QED) is 0.184. The number of esters is 1. The van der Waals surface area contributed by atoms with E-state index in [1.165, 1.54) is 31.2 Å². The van der Waals surface area contributed by atoms with Gasteiger partial charge < -0.3 is 9.47 Å². The van der Waals surface area contributed by atoms with E-state index in [1.54, 1.807) is 12.1 Å². The molecule has 6 nitrogen and oxygen atoms in total. The van der Waals surface area contributed by atoms with Crippen molar-refractivity contribution in [2.45, 2.75) is 25.7 Å². The minimum Gasteiger partial charge on any atom is -0.488 e. The fraction of sp³-hybridized carbons (Fsp3) is 0.147. The molecule has 0 saturated carbocycles. The molecule has 0 N–H and O–H groups in total. The molecule has 0 bridgehead atoms. The maximum Gasteiger partial charge on any atom is 0.434 e. The Morgan fingerprint density at radius 1 is 1.00 bits per heavy atom. The van der Waals surface area contributed by atoms with Crippen molar-refractivity contribution in [1.82, 2.24) is 4.57 Å². The number of alkyl halides is 3. The van der Waals surface area contributed by atoms with Gasteiger partial charge in [0.1, 0.15) is 12.4 Å². The van der Waals surface area contributed by atoms with E-state index in [1.807, 2.05) is 60.7 Å². The molecule has 0 aliphatic carbocycles. The van der Waals surface area contributed by atoms with Crippen LogP contribution in [0.15, 0.2) is 112 Å². The van der Waals surface area contributed by atoms with Gasteiger partial charge in [-0.15, -0.1) is 0 Å². The normalized spacial score (nSPS) is 15.1. The van der Waals surface area contributed by atoms with Gasteiger partial charge in [0.15, 0.2) is 10.5 Å². The zero-order chi connectivity index (χ0) is 31.7. The number of halogens is 4. The van der Waals surface area contributed by atoms with Gasteiger partial charge in [0.25, 0.3) is 5.56 Å². The Hall–Kier alpha value is -4.67. The van der Waals surface area contributed by atoms with Crippen LogP contribution in [0.1, 0.15) is 29.7 Å². The van der Waals surface area contributed by atoms with E-state index in [-0.39, 0.29) is 28.1 Å². The lowest BCUT2D eigenvalue weighted by Gasteiger charge is -2.26. The van der Waals surface area contributed by atoms with Crippen molar-refractivity contribution in [2.24, 2.45) is 4.99 Å². The van der Waals surface area contributed by atoms with Crippen LogP contribution in [0.25, 0.3) is 16.8 Å². The molecule has 11 heteroatoms. The Morgan fingerprint density at radius 3 is 2.42 bits per heavy atom. The largest absolute Gasteiger partial charge is 0.488 e. The lowest BCUT2D eigenvalue weighted by Crippen LogP contribution is -2.41. The van der Waals surface area contributed by atoms with Gasteiger partial charge in [0.2, 0.25) is 0 Å². The summed E-state index contributed by atoms with van der Waals surface area (Å²) in [5.74, 6) is -0.728. The summed E-state index contributed by atoms with van der Waals surface area (Å²) < 4.78 is 55.8. The fourth-order valence-corrected chi connectivity index (χ4v) is 6.33. The van der Waals surface area contributed by atoms with E-state index in [0.717, 1.165) is 32.2 Å². The van der Waals surface area contributed by atoms with Crippen molar-refractivity contribution in [2.75, 3.05) is 6.61 Å². The number of carbonyl (C=O) groups excluding carboxylic acids is 1. The standard InChI is InChI=1S/C34H24ClF3N2O4S/c1-2-43-32(42)28-29(22-12-15-23(35)16-13-22)40-31(41)27(45-33(40)39-30(28)34(36,37)38)18-25-24-11-7-6-10-21(24)14-17-26(25)44-19-20-8-4-3-5-9-20/h3-18,29H,2,19H2,1H3/b27-18-/t29-/m0/s1. The first-order chi connectivity index (χ1) is 21.7. The highest BCUT2D eigenvalue weighted by Gasteiger charge is 2.45. The summed E-state index contributed by atoms with van der Waals surface area (Å²) in [6.07, 6.45) is -3.40. The van der Waals surface area contributed by atoms with Gasteiger partial charge in [-0.2, -0.15) is 13.2 Å². The van der Waals surface area contributed by atoms with Gasteiger partial charge in [-0.3, -0.25) is 9.36 Å². The van der Waals surface area contributed by atoms with Crippen molar-refractivity contribution < 1.29 is 27.4 Å². The number of fused-ring (bicyclic) bond motifs is 2. The van der Waals surface area contributed by atoms with Crippen molar-refractivity contribution in [3.8, 4) is 5.75 Å². The van der Waals surface area contributed by atoms with Crippen LogP contribution in [0.2, 0.25) is 5.02 Å². The molecule has 5 aromatic rings. The lowest BCUT2D eigenvalue weighted by atomic mass is 9.95. The summed E-state index contributed by atoms with van der Waals surface area (Å²) >= 11 is 6.87. The van der Waals surface area contributed by atoms with Crippen LogP contribution in [0.5, 0.6) is 5.75 Å². The molecule has 1 aliphatic heterocycles. The Balaban J connectivity index is 1.59. The van der Waals surface area contributed by atoms with Gasteiger partial charge in [0, 0.05) is 10.6 Å². The van der Waals surface area contributed by atoms with Gasteiger partial charge in [-0.25, -0.2) is 9.79 Å². The number of allylic oxidation sites excluding steroid dienone is 1. The predicted molar refractivity (Wildman–Crippen MR) is 167 cm³/mol. The number of hydrogen-bond donors (Lipinski definition) is 0. The lowest BCUT2D eigenvalue weighted by molar-refractivity contribution is -0.140. The highest BCUT2D eigenvalue weighted by molar-refractivity contribution is 7.07. The van der Waals surface area contributed by atoms with E-state index < -0.39 is 35.0 Å². The number of nitrogens with zero attached hydrogens (tertiary/aromatic N) is 2. The zero-order valence-electron chi connectivity index (χ0n) is 23.7. The molecule has 6 rings (SSSR count). The summed E-state index contributed by atoms with van der Waals surface area (Å²) in [5, 5.41) is 2.00. The Labute approximate surface area is 263 Å². The van der Waals surface area contributed by atoms with Crippen LogP contribution in [0.4, 0.5) is 13.2 Å². The molecular formula is C34H24ClF3N2O4S. The van der Waals surface area contributed by atoms with Crippen LogP contribution in [0.3, 0.4) is 0 Å². The number of thiazole rings is 1. The van der Waals surface area contributed by atoms with Gasteiger partial charge >= 0.3 is 12.1 Å². The molecule has 4 aromatic carbocycles. The van der Waals surface area contributed by atoms with Gasteiger partial charge in [0.05, 0.1) is 22.8 Å². The van der Waals surface area contributed by atoms with Crippen molar-refractivity contribution in [3.63, 3.8) is 0 Å². The number of rotatable bonds is 7. The van der Waals surface area contributed by atoms with Crippen LogP contribution in [0, 0.1) is 0 Å². The molecular weight excluding hydrogens is 625 g/mol. The molecule has 2 heterocycles. The van der Waals surface area contributed by atoms with Gasteiger partial charge in [-0.1, -0.05) is 95.7 Å². The highest BCUT2D eigenvalue weighted by Crippen LogP contribution is 2.38. The first-order valence-corrected chi connectivity index (χ1v) is 15.1. The van der Waals surface area contributed by atoms with Gasteiger partial charge in [-0.05, 0) is 53.1 Å². The maximum atomic E-state index is 14.5. The number of benzene rings is 4. The summed E-state index contributed by atoms with van der Waals surface area (Å²) in [6, 6.07) is 25.2. The first kappa shape index (κ1) is 30.4. The Kier molecular flexibility index (Phi) is 8.35. The SMILES string of the molecule is CCOC(=O)C1=C(C(F)(F)F)N=c2s/c(=C\c3c(OCc4ccccc4)ccc4ccccc34)c(=O)n2[C@H]1c1ccc(Cl)cc1. The van der Waals surface area contributed by atoms with E-state index in [0.29, 0.717) is 16.3 Å².